The van der Waals surface area contributed by atoms with Crippen molar-refractivity contribution in [2.24, 2.45) is 0 Å². The summed E-state index contributed by atoms with van der Waals surface area (Å²) in [6, 6.07) is 8.01. The van der Waals surface area contributed by atoms with E-state index in [1.165, 1.54) is 5.56 Å². The highest BCUT2D eigenvalue weighted by Gasteiger charge is 2.68. The number of aliphatic hydroxyl groups is 1. The maximum atomic E-state index is 11.4. The van der Waals surface area contributed by atoms with Crippen molar-refractivity contribution in [2.45, 2.75) is 50.4 Å². The van der Waals surface area contributed by atoms with Gasteiger partial charge in [0.05, 0.1) is 0 Å². The van der Waals surface area contributed by atoms with Crippen molar-refractivity contribution in [3.8, 4) is 0 Å². The van der Waals surface area contributed by atoms with Gasteiger partial charge < -0.3 is 14.6 Å². The van der Waals surface area contributed by atoms with Crippen LogP contribution in [-0.2, 0) is 20.5 Å². The Morgan fingerprint density at radius 3 is 2.16 bits per heavy atom. The number of ether oxygens (including phenoxy) is 2. The molecular weight excluding hydrogens is 240 g/mol. The molecule has 0 heterocycles. The third-order valence-electron chi connectivity index (χ3n) is 4.90. The van der Waals surface area contributed by atoms with E-state index < -0.39 is 11.4 Å². The Balaban J connectivity index is 2.62. The van der Waals surface area contributed by atoms with Gasteiger partial charge in [0.1, 0.15) is 0 Å². The average molecular weight is 264 g/mol. The topological polar surface area (TPSA) is 38.7 Å². The fourth-order valence-corrected chi connectivity index (χ4v) is 3.65. The Labute approximate surface area is 115 Å². The summed E-state index contributed by atoms with van der Waals surface area (Å²) >= 11 is 0. The summed E-state index contributed by atoms with van der Waals surface area (Å²) < 4.78 is 11.0. The summed E-state index contributed by atoms with van der Waals surface area (Å²) in [5, 5.41) is 11.4. The lowest BCUT2D eigenvalue weighted by molar-refractivity contribution is -0.330. The van der Waals surface area contributed by atoms with E-state index >= 15 is 0 Å². The molecule has 0 saturated carbocycles. The van der Waals surface area contributed by atoms with Crippen molar-refractivity contribution < 1.29 is 14.6 Å². The molecule has 3 nitrogen and oxygen atoms in total. The van der Waals surface area contributed by atoms with Gasteiger partial charge in [-0.1, -0.05) is 44.5 Å². The normalized spacial score (nSPS) is 29.8. The molecule has 0 aromatic heterocycles. The van der Waals surface area contributed by atoms with Crippen LogP contribution in [0.2, 0.25) is 0 Å². The van der Waals surface area contributed by atoms with Gasteiger partial charge in [-0.2, -0.15) is 0 Å². The van der Waals surface area contributed by atoms with Gasteiger partial charge in [-0.3, -0.25) is 0 Å². The van der Waals surface area contributed by atoms with Crippen LogP contribution in [0.1, 0.15) is 44.7 Å². The predicted octanol–water partition coefficient (Wildman–Crippen LogP) is 2.95. The molecule has 2 atom stereocenters. The number of methoxy groups -OCH3 is 2. The molecule has 0 bridgehead atoms. The molecule has 1 aromatic rings. The third-order valence-corrected chi connectivity index (χ3v) is 4.90. The zero-order valence-corrected chi connectivity index (χ0v) is 12.5. The molecule has 2 rings (SSSR count). The zero-order chi connectivity index (χ0) is 14.3. The third kappa shape index (κ3) is 1.55. The summed E-state index contributed by atoms with van der Waals surface area (Å²) in [7, 11) is 3.16. The van der Waals surface area contributed by atoms with Crippen molar-refractivity contribution in [1.29, 1.82) is 0 Å². The molecule has 1 aliphatic carbocycles. The van der Waals surface area contributed by atoms with Gasteiger partial charge in [0.2, 0.25) is 0 Å². The minimum atomic E-state index is -1.13. The molecule has 106 valence electrons. The molecule has 1 N–H and O–H groups in total. The maximum Gasteiger partial charge on any atom is 0.199 e. The zero-order valence-electron chi connectivity index (χ0n) is 12.5. The Kier molecular flexibility index (Phi) is 3.50. The van der Waals surface area contributed by atoms with Crippen molar-refractivity contribution >= 4 is 0 Å². The minimum Gasteiger partial charge on any atom is -0.379 e. The molecule has 1 aromatic carbocycles. The second kappa shape index (κ2) is 4.58. The highest BCUT2D eigenvalue weighted by atomic mass is 16.7. The van der Waals surface area contributed by atoms with Gasteiger partial charge >= 0.3 is 0 Å². The van der Waals surface area contributed by atoms with E-state index in [2.05, 4.69) is 19.9 Å². The first-order valence-electron chi connectivity index (χ1n) is 6.84. The standard InChI is InChI=1S/C16H24O3/c1-6-11-14(2)12-9-7-8-10-13(12)16(14,17)15(3,18-4)19-5/h7-10,17H,6,11H2,1-5H3. The van der Waals surface area contributed by atoms with Gasteiger partial charge in [0, 0.05) is 19.6 Å². The van der Waals surface area contributed by atoms with Crippen molar-refractivity contribution in [3.05, 3.63) is 35.4 Å². The van der Waals surface area contributed by atoms with Crippen LogP contribution in [-0.4, -0.2) is 25.1 Å². The van der Waals surface area contributed by atoms with Gasteiger partial charge in [-0.25, -0.2) is 0 Å². The van der Waals surface area contributed by atoms with Gasteiger partial charge in [0.15, 0.2) is 11.4 Å². The van der Waals surface area contributed by atoms with Crippen LogP contribution in [0.3, 0.4) is 0 Å². The summed E-state index contributed by atoms with van der Waals surface area (Å²) in [6.07, 6.45) is 1.89. The van der Waals surface area contributed by atoms with Gasteiger partial charge in [-0.05, 0) is 24.5 Å². The van der Waals surface area contributed by atoms with Crippen molar-refractivity contribution in [3.63, 3.8) is 0 Å². The lowest BCUT2D eigenvalue weighted by Gasteiger charge is -2.61. The fraction of sp³-hybridized carbons (Fsp3) is 0.625. The van der Waals surface area contributed by atoms with Crippen LogP contribution in [0.15, 0.2) is 24.3 Å². The maximum absolute atomic E-state index is 11.4. The van der Waals surface area contributed by atoms with Crippen molar-refractivity contribution in [1.82, 2.24) is 0 Å². The molecule has 1 aliphatic rings. The molecule has 0 fully saturated rings. The van der Waals surface area contributed by atoms with E-state index in [9.17, 15) is 5.11 Å². The van der Waals surface area contributed by atoms with Crippen LogP contribution in [0.4, 0.5) is 0 Å². The number of benzene rings is 1. The smallest absolute Gasteiger partial charge is 0.199 e. The molecule has 3 heteroatoms. The number of fused-ring (bicyclic) bond motifs is 1. The predicted molar refractivity (Wildman–Crippen MR) is 75.0 cm³/mol. The Bertz CT molecular complexity index is 467. The molecular formula is C16H24O3. The average Bonchev–Trinajstić information content (AvgIpc) is 2.45. The van der Waals surface area contributed by atoms with E-state index in [0.717, 1.165) is 18.4 Å². The van der Waals surface area contributed by atoms with Gasteiger partial charge in [0.25, 0.3) is 0 Å². The molecule has 0 saturated heterocycles. The largest absolute Gasteiger partial charge is 0.379 e. The molecule has 19 heavy (non-hydrogen) atoms. The molecule has 0 amide bonds. The monoisotopic (exact) mass is 264 g/mol. The van der Waals surface area contributed by atoms with E-state index in [1.54, 1.807) is 21.1 Å². The van der Waals surface area contributed by atoms with Crippen LogP contribution in [0.25, 0.3) is 0 Å². The molecule has 2 unspecified atom stereocenters. The highest BCUT2D eigenvalue weighted by Crippen LogP contribution is 2.62. The minimum absolute atomic E-state index is 0.348. The van der Waals surface area contributed by atoms with Crippen LogP contribution < -0.4 is 0 Å². The number of hydrogen-bond donors (Lipinski definition) is 1. The second-order valence-corrected chi connectivity index (χ2v) is 5.69. The highest BCUT2D eigenvalue weighted by molar-refractivity contribution is 5.54. The van der Waals surface area contributed by atoms with E-state index in [0.29, 0.717) is 0 Å². The number of hydrogen-bond acceptors (Lipinski definition) is 3. The molecule has 0 spiro atoms. The second-order valence-electron chi connectivity index (χ2n) is 5.69. The molecule has 0 aliphatic heterocycles. The summed E-state index contributed by atoms with van der Waals surface area (Å²) in [5.41, 5.74) is 0.631. The summed E-state index contributed by atoms with van der Waals surface area (Å²) in [4.78, 5) is 0. The van der Waals surface area contributed by atoms with Crippen molar-refractivity contribution in [2.75, 3.05) is 14.2 Å². The first-order valence-corrected chi connectivity index (χ1v) is 6.84. The summed E-state index contributed by atoms with van der Waals surface area (Å²) in [5.74, 6) is -1.05. The van der Waals surface area contributed by atoms with E-state index in [4.69, 9.17) is 9.47 Å². The molecule has 0 radical (unpaired) electrons. The van der Waals surface area contributed by atoms with E-state index in [1.807, 2.05) is 18.2 Å². The first kappa shape index (κ1) is 14.5. The number of rotatable bonds is 5. The lowest BCUT2D eigenvalue weighted by Crippen LogP contribution is -2.69. The van der Waals surface area contributed by atoms with Crippen LogP contribution in [0, 0.1) is 0 Å². The quantitative estimate of drug-likeness (QED) is 0.831. The Morgan fingerprint density at radius 2 is 1.68 bits per heavy atom. The van der Waals surface area contributed by atoms with Crippen LogP contribution >= 0.6 is 0 Å². The van der Waals surface area contributed by atoms with Gasteiger partial charge in [-0.15, -0.1) is 0 Å². The van der Waals surface area contributed by atoms with Crippen LogP contribution in [0.5, 0.6) is 0 Å². The Morgan fingerprint density at radius 1 is 1.16 bits per heavy atom. The lowest BCUT2D eigenvalue weighted by atomic mass is 9.49. The fourth-order valence-electron chi connectivity index (χ4n) is 3.65. The summed E-state index contributed by atoms with van der Waals surface area (Å²) in [6.45, 7) is 6.02. The first-order chi connectivity index (χ1) is 8.91. The van der Waals surface area contributed by atoms with E-state index in [-0.39, 0.29) is 5.41 Å². The Hall–Kier alpha value is -0.900. The SMILES string of the molecule is CCCC1(C)c2ccccc2C1(O)C(C)(OC)OC.